The number of fused-ring (bicyclic) bond motifs is 3. The third-order valence-corrected chi connectivity index (χ3v) is 4.28. The first-order valence-electron chi connectivity index (χ1n) is 7.65. The number of nitrogens with zero attached hydrogens (tertiary/aromatic N) is 4. The van der Waals surface area contributed by atoms with E-state index in [1.807, 2.05) is 59.2 Å². The molecule has 4 heteroatoms. The van der Waals surface area contributed by atoms with Crippen LogP contribution in [0.1, 0.15) is 16.7 Å². The van der Waals surface area contributed by atoms with Crippen molar-refractivity contribution in [3.63, 3.8) is 0 Å². The Labute approximate surface area is 144 Å². The minimum Gasteiger partial charge on any atom is -0.307 e. The van der Waals surface area contributed by atoms with Gasteiger partial charge >= 0.3 is 0 Å². The molecular weight excluding hydrogens is 308 g/mol. The average molecular weight is 318 g/mol. The standard InChI is InChI=1S/C21H10N4/c22-11-14-9-15(12-23)21(16(10-14)13-24)25-19-7-3-1-5-17(19)18-6-2-4-8-20(18)25/h1-10H. The Hall–Kier alpha value is -4.07. The van der Waals surface area contributed by atoms with E-state index in [9.17, 15) is 10.5 Å². The molecule has 0 amide bonds. The van der Waals surface area contributed by atoms with E-state index >= 15 is 0 Å². The average Bonchev–Trinajstić information content (AvgIpc) is 3.01. The molecule has 0 aliphatic heterocycles. The lowest BCUT2D eigenvalue weighted by molar-refractivity contribution is 1.15. The largest absolute Gasteiger partial charge is 0.307 e. The molecule has 0 bridgehead atoms. The first-order valence-corrected chi connectivity index (χ1v) is 7.65. The van der Waals surface area contributed by atoms with E-state index in [0.29, 0.717) is 22.4 Å². The maximum atomic E-state index is 9.62. The summed E-state index contributed by atoms with van der Waals surface area (Å²) in [5.74, 6) is 0. The summed E-state index contributed by atoms with van der Waals surface area (Å²) in [5, 5.41) is 30.5. The van der Waals surface area contributed by atoms with Crippen LogP contribution in [0.25, 0.3) is 27.5 Å². The van der Waals surface area contributed by atoms with Crippen molar-refractivity contribution in [3.05, 3.63) is 77.4 Å². The van der Waals surface area contributed by atoms with Crippen LogP contribution < -0.4 is 0 Å². The SMILES string of the molecule is N#Cc1cc(C#N)c(-n2c3ccccc3c3ccccc32)c(C#N)c1. The number of rotatable bonds is 1. The second kappa shape index (κ2) is 5.53. The third-order valence-electron chi connectivity index (χ3n) is 4.28. The number of aromatic nitrogens is 1. The van der Waals surface area contributed by atoms with Crippen molar-refractivity contribution < 1.29 is 0 Å². The second-order valence-corrected chi connectivity index (χ2v) is 5.63. The maximum Gasteiger partial charge on any atom is 0.101 e. The predicted octanol–water partition coefficient (Wildman–Crippen LogP) is 4.40. The quantitative estimate of drug-likeness (QED) is 0.522. The summed E-state index contributed by atoms with van der Waals surface area (Å²) < 4.78 is 1.93. The fourth-order valence-electron chi connectivity index (χ4n) is 3.27. The summed E-state index contributed by atoms with van der Waals surface area (Å²) in [6, 6.07) is 25.1. The van der Waals surface area contributed by atoms with E-state index in [0.717, 1.165) is 21.8 Å². The summed E-state index contributed by atoms with van der Waals surface area (Å²) in [4.78, 5) is 0. The molecule has 1 heterocycles. The first kappa shape index (κ1) is 14.5. The van der Waals surface area contributed by atoms with E-state index in [4.69, 9.17) is 5.26 Å². The van der Waals surface area contributed by atoms with Gasteiger partial charge in [-0.25, -0.2) is 0 Å². The highest BCUT2D eigenvalue weighted by atomic mass is 15.0. The number of hydrogen-bond acceptors (Lipinski definition) is 3. The van der Waals surface area contributed by atoms with Crippen molar-refractivity contribution in [2.75, 3.05) is 0 Å². The van der Waals surface area contributed by atoms with Gasteiger partial charge in [-0.05, 0) is 24.3 Å². The monoisotopic (exact) mass is 318 g/mol. The Morgan fingerprint density at radius 2 is 1.12 bits per heavy atom. The highest BCUT2D eigenvalue weighted by Crippen LogP contribution is 2.34. The summed E-state index contributed by atoms with van der Waals surface area (Å²) in [6.07, 6.45) is 0. The Kier molecular flexibility index (Phi) is 3.21. The first-order chi connectivity index (χ1) is 12.3. The second-order valence-electron chi connectivity index (χ2n) is 5.63. The van der Waals surface area contributed by atoms with Crippen molar-refractivity contribution in [1.82, 2.24) is 4.57 Å². The van der Waals surface area contributed by atoms with Gasteiger partial charge in [0.15, 0.2) is 0 Å². The zero-order chi connectivity index (χ0) is 17.4. The lowest BCUT2D eigenvalue weighted by Gasteiger charge is -2.12. The van der Waals surface area contributed by atoms with E-state index < -0.39 is 0 Å². The molecule has 25 heavy (non-hydrogen) atoms. The molecule has 0 radical (unpaired) electrons. The fourth-order valence-corrected chi connectivity index (χ4v) is 3.27. The molecule has 0 saturated heterocycles. The van der Waals surface area contributed by atoms with Crippen LogP contribution >= 0.6 is 0 Å². The number of hydrogen-bond donors (Lipinski definition) is 0. The van der Waals surface area contributed by atoms with Crippen molar-refractivity contribution in [2.45, 2.75) is 0 Å². The number of nitriles is 3. The lowest BCUT2D eigenvalue weighted by Crippen LogP contribution is -2.02. The van der Waals surface area contributed by atoms with Gasteiger partial charge in [0.25, 0.3) is 0 Å². The third kappa shape index (κ3) is 2.05. The van der Waals surface area contributed by atoms with Gasteiger partial charge in [0, 0.05) is 10.8 Å². The predicted molar refractivity (Wildman–Crippen MR) is 94.9 cm³/mol. The van der Waals surface area contributed by atoms with Crippen LogP contribution in [0.3, 0.4) is 0 Å². The highest BCUT2D eigenvalue weighted by Gasteiger charge is 2.18. The van der Waals surface area contributed by atoms with Gasteiger partial charge < -0.3 is 4.57 Å². The Morgan fingerprint density at radius 1 is 0.640 bits per heavy atom. The van der Waals surface area contributed by atoms with E-state index in [2.05, 4.69) is 12.1 Å². The molecule has 0 aliphatic carbocycles. The van der Waals surface area contributed by atoms with Crippen LogP contribution in [0.4, 0.5) is 0 Å². The highest BCUT2D eigenvalue weighted by molar-refractivity contribution is 6.09. The van der Waals surface area contributed by atoms with E-state index in [-0.39, 0.29) is 0 Å². The van der Waals surface area contributed by atoms with Crippen LogP contribution in [0, 0.1) is 34.0 Å². The van der Waals surface area contributed by atoms with Crippen molar-refractivity contribution in [3.8, 4) is 23.9 Å². The molecule has 4 rings (SSSR count). The van der Waals surface area contributed by atoms with Crippen molar-refractivity contribution in [1.29, 1.82) is 15.8 Å². The van der Waals surface area contributed by atoms with Gasteiger partial charge in [0.05, 0.1) is 39.5 Å². The number of benzene rings is 3. The minimum absolute atomic E-state index is 0.303. The topological polar surface area (TPSA) is 76.3 Å². The van der Waals surface area contributed by atoms with Gasteiger partial charge in [-0.3, -0.25) is 0 Å². The molecule has 4 nitrogen and oxygen atoms in total. The molecule has 0 aliphatic rings. The fraction of sp³-hybridized carbons (Fsp3) is 0. The molecule has 0 unspecified atom stereocenters. The van der Waals surface area contributed by atoms with Crippen molar-refractivity contribution in [2.24, 2.45) is 0 Å². The van der Waals surface area contributed by atoms with E-state index in [1.54, 1.807) is 0 Å². The Bertz CT molecular complexity index is 1190. The molecule has 4 aromatic rings. The molecule has 114 valence electrons. The van der Waals surface area contributed by atoms with Crippen molar-refractivity contribution >= 4 is 21.8 Å². The molecule has 0 saturated carbocycles. The molecule has 0 atom stereocenters. The van der Waals surface area contributed by atoms with Gasteiger partial charge in [-0.1, -0.05) is 36.4 Å². The van der Waals surface area contributed by atoms with E-state index in [1.165, 1.54) is 12.1 Å². The summed E-state index contributed by atoms with van der Waals surface area (Å²) in [5.41, 5.74) is 3.27. The van der Waals surface area contributed by atoms with Gasteiger partial charge in [0.2, 0.25) is 0 Å². The molecular formula is C21H10N4. The Morgan fingerprint density at radius 3 is 1.56 bits per heavy atom. The van der Waals surface area contributed by atoms with Gasteiger partial charge in [-0.15, -0.1) is 0 Å². The van der Waals surface area contributed by atoms with Crippen LogP contribution in [0.2, 0.25) is 0 Å². The van der Waals surface area contributed by atoms with Crippen LogP contribution in [0.5, 0.6) is 0 Å². The molecule has 0 fully saturated rings. The number of para-hydroxylation sites is 2. The summed E-state index contributed by atoms with van der Waals surface area (Å²) >= 11 is 0. The molecule has 0 N–H and O–H groups in total. The summed E-state index contributed by atoms with van der Waals surface area (Å²) in [7, 11) is 0. The minimum atomic E-state index is 0.303. The normalized spacial score (nSPS) is 10.3. The van der Waals surface area contributed by atoms with Crippen LogP contribution in [-0.4, -0.2) is 4.57 Å². The molecule has 1 aromatic heterocycles. The van der Waals surface area contributed by atoms with Gasteiger partial charge in [-0.2, -0.15) is 15.8 Å². The molecule has 0 spiro atoms. The van der Waals surface area contributed by atoms with Crippen LogP contribution in [-0.2, 0) is 0 Å². The summed E-state index contributed by atoms with van der Waals surface area (Å²) in [6.45, 7) is 0. The lowest BCUT2D eigenvalue weighted by atomic mass is 10.0. The Balaban J connectivity index is 2.26. The zero-order valence-electron chi connectivity index (χ0n) is 13.1. The van der Waals surface area contributed by atoms with Gasteiger partial charge in [0.1, 0.15) is 12.1 Å². The zero-order valence-corrected chi connectivity index (χ0v) is 13.1. The molecule has 3 aromatic carbocycles. The maximum absolute atomic E-state index is 9.62. The van der Waals surface area contributed by atoms with Crippen LogP contribution in [0.15, 0.2) is 60.7 Å². The smallest absolute Gasteiger partial charge is 0.101 e.